The molecule has 0 spiro atoms. The maximum absolute atomic E-state index is 11.5. The normalized spacial score (nSPS) is 21.7. The molecule has 1 heterocycles. The van der Waals surface area contributed by atoms with Crippen molar-refractivity contribution in [1.29, 1.82) is 0 Å². The lowest BCUT2D eigenvalue weighted by atomic mass is 10.2. The summed E-state index contributed by atoms with van der Waals surface area (Å²) in [6, 6.07) is -1.08. The number of amides is 3. The summed E-state index contributed by atoms with van der Waals surface area (Å²) < 4.78 is 0. The summed E-state index contributed by atoms with van der Waals surface area (Å²) in [6.07, 6.45) is 0.595. The minimum atomic E-state index is -0.615. The lowest BCUT2D eigenvalue weighted by Crippen LogP contribution is -2.49. The first-order chi connectivity index (χ1) is 7.00. The Balaban J connectivity index is 2.40. The molecule has 0 aliphatic carbocycles. The lowest BCUT2D eigenvalue weighted by Gasteiger charge is -2.15. The van der Waals surface area contributed by atoms with Gasteiger partial charge in [0.25, 0.3) is 0 Å². The van der Waals surface area contributed by atoms with E-state index in [1.165, 1.54) is 6.92 Å². The van der Waals surface area contributed by atoms with Crippen molar-refractivity contribution in [2.75, 3.05) is 6.54 Å². The third-order valence-corrected chi connectivity index (χ3v) is 2.18. The van der Waals surface area contributed by atoms with Crippen LogP contribution in [0.1, 0.15) is 20.3 Å². The molecule has 6 heteroatoms. The molecule has 3 amide bonds. The second-order valence-corrected chi connectivity index (χ2v) is 3.56. The number of carbonyl (C=O) groups is 3. The van der Waals surface area contributed by atoms with Crippen molar-refractivity contribution in [2.24, 2.45) is 0 Å². The molecule has 0 bridgehead atoms. The summed E-state index contributed by atoms with van der Waals surface area (Å²) in [5.74, 6) is -0.779. The van der Waals surface area contributed by atoms with Crippen molar-refractivity contribution >= 4 is 17.7 Å². The van der Waals surface area contributed by atoms with Crippen LogP contribution in [-0.4, -0.2) is 36.3 Å². The predicted molar refractivity (Wildman–Crippen MR) is 52.8 cm³/mol. The van der Waals surface area contributed by atoms with Gasteiger partial charge in [0.05, 0.1) is 0 Å². The monoisotopic (exact) mass is 213 g/mol. The minimum absolute atomic E-state index is 0.168. The van der Waals surface area contributed by atoms with Gasteiger partial charge in [0.2, 0.25) is 17.7 Å². The van der Waals surface area contributed by atoms with Crippen molar-refractivity contribution in [3.63, 3.8) is 0 Å². The zero-order valence-corrected chi connectivity index (χ0v) is 8.79. The Hall–Kier alpha value is -1.59. The summed E-state index contributed by atoms with van der Waals surface area (Å²) in [5.41, 5.74) is 0. The average molecular weight is 213 g/mol. The predicted octanol–water partition coefficient (Wildman–Crippen LogP) is -1.48. The van der Waals surface area contributed by atoms with Crippen LogP contribution in [0.5, 0.6) is 0 Å². The van der Waals surface area contributed by atoms with Crippen LogP contribution < -0.4 is 16.0 Å². The fraction of sp³-hybridized carbons (Fsp3) is 0.667. The molecule has 0 aromatic carbocycles. The zero-order valence-electron chi connectivity index (χ0n) is 8.79. The number of hydrogen-bond acceptors (Lipinski definition) is 3. The Kier molecular flexibility index (Phi) is 3.65. The fourth-order valence-electron chi connectivity index (χ4n) is 1.40. The van der Waals surface area contributed by atoms with Crippen molar-refractivity contribution in [3.05, 3.63) is 0 Å². The van der Waals surface area contributed by atoms with Crippen LogP contribution in [0.2, 0.25) is 0 Å². The van der Waals surface area contributed by atoms with E-state index < -0.39 is 12.1 Å². The maximum atomic E-state index is 11.5. The van der Waals surface area contributed by atoms with Crippen molar-refractivity contribution < 1.29 is 14.4 Å². The molecule has 1 aliphatic heterocycles. The summed E-state index contributed by atoms with van der Waals surface area (Å²) >= 11 is 0. The maximum Gasteiger partial charge on any atom is 0.242 e. The number of nitrogens with one attached hydrogen (secondary N) is 3. The van der Waals surface area contributed by atoms with Gasteiger partial charge in [-0.2, -0.15) is 0 Å². The first-order valence-corrected chi connectivity index (χ1v) is 4.86. The Morgan fingerprint density at radius 1 is 1.53 bits per heavy atom. The Bertz CT molecular complexity index is 290. The van der Waals surface area contributed by atoms with Gasteiger partial charge in [0.15, 0.2) is 0 Å². The van der Waals surface area contributed by atoms with Crippen LogP contribution in [0, 0.1) is 0 Å². The van der Waals surface area contributed by atoms with E-state index in [9.17, 15) is 14.4 Å². The van der Waals surface area contributed by atoms with E-state index >= 15 is 0 Å². The van der Waals surface area contributed by atoms with Crippen LogP contribution in [0.15, 0.2) is 0 Å². The number of rotatable bonds is 3. The average Bonchev–Trinajstić information content (AvgIpc) is 2.50. The topological polar surface area (TPSA) is 87.3 Å². The van der Waals surface area contributed by atoms with E-state index in [1.54, 1.807) is 6.92 Å². The lowest BCUT2D eigenvalue weighted by molar-refractivity contribution is -0.130. The highest BCUT2D eigenvalue weighted by Crippen LogP contribution is 1.99. The van der Waals surface area contributed by atoms with Gasteiger partial charge in [-0.3, -0.25) is 14.4 Å². The van der Waals surface area contributed by atoms with Gasteiger partial charge in [-0.05, 0) is 13.3 Å². The first-order valence-electron chi connectivity index (χ1n) is 4.86. The fourth-order valence-corrected chi connectivity index (χ4v) is 1.40. The Morgan fingerprint density at radius 3 is 2.67 bits per heavy atom. The largest absolute Gasteiger partial charge is 0.354 e. The van der Waals surface area contributed by atoms with Crippen LogP contribution in [0.25, 0.3) is 0 Å². The van der Waals surface area contributed by atoms with Crippen molar-refractivity contribution in [2.45, 2.75) is 32.4 Å². The highest BCUT2D eigenvalue weighted by atomic mass is 16.2. The van der Waals surface area contributed by atoms with E-state index in [4.69, 9.17) is 0 Å². The molecule has 1 saturated heterocycles. The molecule has 1 fully saturated rings. The minimum Gasteiger partial charge on any atom is -0.354 e. The molecule has 0 unspecified atom stereocenters. The van der Waals surface area contributed by atoms with Crippen LogP contribution in [0.4, 0.5) is 0 Å². The third kappa shape index (κ3) is 3.23. The first kappa shape index (κ1) is 11.5. The van der Waals surface area contributed by atoms with Gasteiger partial charge in [0.1, 0.15) is 12.1 Å². The highest BCUT2D eigenvalue weighted by Gasteiger charge is 2.27. The third-order valence-electron chi connectivity index (χ3n) is 2.18. The van der Waals surface area contributed by atoms with Crippen LogP contribution in [-0.2, 0) is 14.4 Å². The molecular formula is C9H15N3O3. The Morgan fingerprint density at radius 2 is 2.20 bits per heavy atom. The van der Waals surface area contributed by atoms with E-state index in [0.717, 1.165) is 0 Å². The summed E-state index contributed by atoms with van der Waals surface area (Å²) in [6.45, 7) is 3.49. The summed E-state index contributed by atoms with van der Waals surface area (Å²) in [4.78, 5) is 33.3. The van der Waals surface area contributed by atoms with Gasteiger partial charge in [-0.25, -0.2) is 0 Å². The molecule has 3 N–H and O–H groups in total. The van der Waals surface area contributed by atoms with E-state index in [1.807, 2.05) is 0 Å². The highest BCUT2D eigenvalue weighted by molar-refractivity contribution is 5.92. The molecule has 1 aliphatic rings. The van der Waals surface area contributed by atoms with Gasteiger partial charge >= 0.3 is 0 Å². The molecule has 84 valence electrons. The van der Waals surface area contributed by atoms with Crippen LogP contribution in [0.3, 0.4) is 0 Å². The van der Waals surface area contributed by atoms with E-state index in [-0.39, 0.29) is 17.7 Å². The van der Waals surface area contributed by atoms with Crippen molar-refractivity contribution in [3.8, 4) is 0 Å². The standard InChI is InChI=1S/C9H15N3O3/c1-5(11-6(2)13)8(14)12-7-3-4-10-9(7)15/h5,7H,3-4H2,1-2H3,(H,10,15)(H,11,13)(H,12,14)/t5-,7-/m0/s1. The zero-order chi connectivity index (χ0) is 11.4. The SMILES string of the molecule is CC(=O)N[C@@H](C)C(=O)N[C@H]1CCNC1=O. The van der Waals surface area contributed by atoms with Gasteiger partial charge < -0.3 is 16.0 Å². The Labute approximate surface area is 87.8 Å². The number of hydrogen-bond donors (Lipinski definition) is 3. The van der Waals surface area contributed by atoms with Gasteiger partial charge in [-0.15, -0.1) is 0 Å². The van der Waals surface area contributed by atoms with Gasteiger partial charge in [0, 0.05) is 13.5 Å². The number of carbonyl (C=O) groups excluding carboxylic acids is 3. The smallest absolute Gasteiger partial charge is 0.242 e. The van der Waals surface area contributed by atoms with E-state index in [2.05, 4.69) is 16.0 Å². The van der Waals surface area contributed by atoms with Crippen LogP contribution >= 0.6 is 0 Å². The summed E-state index contributed by atoms with van der Waals surface area (Å²) in [5, 5.41) is 7.63. The van der Waals surface area contributed by atoms with E-state index in [0.29, 0.717) is 13.0 Å². The molecule has 6 nitrogen and oxygen atoms in total. The summed E-state index contributed by atoms with van der Waals surface area (Å²) in [7, 11) is 0. The molecule has 15 heavy (non-hydrogen) atoms. The molecule has 0 radical (unpaired) electrons. The second kappa shape index (κ2) is 4.77. The quantitative estimate of drug-likeness (QED) is 0.534. The molecule has 2 atom stereocenters. The molecule has 0 saturated carbocycles. The van der Waals surface area contributed by atoms with Gasteiger partial charge in [-0.1, -0.05) is 0 Å². The molecular weight excluding hydrogens is 198 g/mol. The molecule has 0 aromatic heterocycles. The molecule has 0 aromatic rings. The second-order valence-electron chi connectivity index (χ2n) is 3.56. The molecule has 1 rings (SSSR count). The van der Waals surface area contributed by atoms with Crippen molar-refractivity contribution in [1.82, 2.24) is 16.0 Å².